The monoisotopic (exact) mass is 185 g/mol. The van der Waals surface area contributed by atoms with Gasteiger partial charge in [-0.3, -0.25) is 0 Å². The van der Waals surface area contributed by atoms with E-state index < -0.39 is 11.1 Å². The first-order chi connectivity index (χ1) is 5.66. The molecule has 1 aromatic heterocycles. The molecule has 1 aromatic carbocycles. The molecule has 0 bridgehead atoms. The fraction of sp³-hybridized carbons (Fsp3) is 0.125. The molecule has 0 unspecified atom stereocenters. The lowest BCUT2D eigenvalue weighted by molar-refractivity contribution is 0.608. The molecule has 0 amide bonds. The zero-order valence-electron chi connectivity index (χ0n) is 6.27. The molecule has 0 saturated carbocycles. The summed E-state index contributed by atoms with van der Waals surface area (Å²) in [4.78, 5) is 3.43. The van der Waals surface area contributed by atoms with Crippen molar-refractivity contribution in [3.8, 4) is 0 Å². The maximum Gasteiger partial charge on any atom is 0.270 e. The van der Waals surface area contributed by atoms with Crippen molar-refractivity contribution in [2.24, 2.45) is 0 Å². The molecule has 4 heteroatoms. The molecule has 0 spiro atoms. The summed E-state index contributed by atoms with van der Waals surface area (Å²) in [5, 5.41) is -0.588. The van der Waals surface area contributed by atoms with Crippen molar-refractivity contribution in [2.75, 3.05) is 0 Å². The second-order valence-corrected chi connectivity index (χ2v) is 3.54. The second-order valence-electron chi connectivity index (χ2n) is 2.56. The molecule has 0 aliphatic rings. The van der Waals surface area contributed by atoms with E-state index in [2.05, 4.69) is 4.98 Å². The fourth-order valence-corrected chi connectivity index (χ4v) is 1.89. The Morgan fingerprint density at radius 2 is 2.08 bits per heavy atom. The van der Waals surface area contributed by atoms with E-state index in [0.29, 0.717) is 4.70 Å². The van der Waals surface area contributed by atoms with Crippen molar-refractivity contribution in [2.45, 2.75) is 6.92 Å². The van der Waals surface area contributed by atoms with Crippen LogP contribution in [0.25, 0.3) is 10.2 Å². The van der Waals surface area contributed by atoms with Crippen LogP contribution >= 0.6 is 11.3 Å². The Balaban J connectivity index is 2.88. The van der Waals surface area contributed by atoms with Gasteiger partial charge in [-0.25, -0.2) is 9.37 Å². The molecule has 1 nitrogen and oxygen atoms in total. The number of nitrogens with zero attached hydrogens (tertiary/aromatic N) is 1. The minimum atomic E-state index is -0.588. The van der Waals surface area contributed by atoms with E-state index >= 15 is 0 Å². The third-order valence-corrected chi connectivity index (χ3v) is 2.36. The van der Waals surface area contributed by atoms with Crippen LogP contribution in [0, 0.1) is 18.0 Å². The van der Waals surface area contributed by atoms with Gasteiger partial charge in [0.1, 0.15) is 5.52 Å². The van der Waals surface area contributed by atoms with Crippen molar-refractivity contribution < 1.29 is 8.78 Å². The number of rotatable bonds is 0. The zero-order chi connectivity index (χ0) is 8.72. The van der Waals surface area contributed by atoms with Crippen molar-refractivity contribution >= 4 is 21.6 Å². The second kappa shape index (κ2) is 2.48. The number of hydrogen-bond acceptors (Lipinski definition) is 2. The van der Waals surface area contributed by atoms with Crippen molar-refractivity contribution in [3.63, 3.8) is 0 Å². The molecule has 0 radical (unpaired) electrons. The summed E-state index contributed by atoms with van der Waals surface area (Å²) in [6, 6.07) is 3.07. The van der Waals surface area contributed by atoms with Gasteiger partial charge in [0.15, 0.2) is 5.82 Å². The molecule has 1 heterocycles. The molecule has 2 rings (SSSR count). The highest BCUT2D eigenvalue weighted by molar-refractivity contribution is 7.17. The Hall–Kier alpha value is -1.03. The molecule has 0 fully saturated rings. The summed E-state index contributed by atoms with van der Waals surface area (Å²) < 4.78 is 26.2. The van der Waals surface area contributed by atoms with Crippen LogP contribution in [0.1, 0.15) is 5.56 Å². The minimum Gasteiger partial charge on any atom is -0.206 e. The number of aryl methyl sites for hydroxylation is 1. The van der Waals surface area contributed by atoms with Crippen molar-refractivity contribution in [1.29, 1.82) is 0 Å². The normalized spacial score (nSPS) is 10.9. The fourth-order valence-electron chi connectivity index (χ4n) is 1.09. The summed E-state index contributed by atoms with van der Waals surface area (Å²) >= 11 is 0.863. The number of thiazole rings is 1. The van der Waals surface area contributed by atoms with Crippen LogP contribution in [0.5, 0.6) is 0 Å². The number of benzene rings is 1. The summed E-state index contributed by atoms with van der Waals surface area (Å²) in [6.07, 6.45) is 0. The Bertz CT molecular complexity index is 436. The van der Waals surface area contributed by atoms with Gasteiger partial charge in [0.05, 0.1) is 4.70 Å². The van der Waals surface area contributed by atoms with Gasteiger partial charge in [-0.2, -0.15) is 4.39 Å². The lowest BCUT2D eigenvalue weighted by Crippen LogP contribution is -1.79. The lowest BCUT2D eigenvalue weighted by atomic mass is 10.2. The van der Waals surface area contributed by atoms with Gasteiger partial charge >= 0.3 is 0 Å². The molecule has 0 atom stereocenters. The highest BCUT2D eigenvalue weighted by Gasteiger charge is 2.07. The predicted molar refractivity (Wildman–Crippen MR) is 44.3 cm³/mol. The van der Waals surface area contributed by atoms with Crippen LogP contribution in [-0.4, -0.2) is 4.98 Å². The standard InChI is InChI=1S/C8H5F2NS/c1-4-2-5(9)7-6(3-4)12-8(10)11-7/h2-3H,1H3. The van der Waals surface area contributed by atoms with E-state index in [0.717, 1.165) is 16.9 Å². The van der Waals surface area contributed by atoms with E-state index in [-0.39, 0.29) is 5.52 Å². The van der Waals surface area contributed by atoms with Crippen LogP contribution < -0.4 is 0 Å². The molecule has 0 N–H and O–H groups in total. The van der Waals surface area contributed by atoms with E-state index in [1.54, 1.807) is 13.0 Å². The Labute approximate surface area is 71.7 Å². The molecular weight excluding hydrogens is 180 g/mol. The third-order valence-electron chi connectivity index (χ3n) is 1.57. The molecular formula is C8H5F2NS. The van der Waals surface area contributed by atoms with E-state index in [9.17, 15) is 8.78 Å². The van der Waals surface area contributed by atoms with Crippen LogP contribution in [0.15, 0.2) is 12.1 Å². The van der Waals surface area contributed by atoms with Gasteiger partial charge in [0.25, 0.3) is 5.26 Å². The molecule has 0 aliphatic carbocycles. The molecule has 12 heavy (non-hydrogen) atoms. The lowest BCUT2D eigenvalue weighted by Gasteiger charge is -1.92. The molecule has 0 saturated heterocycles. The van der Waals surface area contributed by atoms with Crippen LogP contribution in [-0.2, 0) is 0 Å². The number of hydrogen-bond donors (Lipinski definition) is 0. The quantitative estimate of drug-likeness (QED) is 0.615. The minimum absolute atomic E-state index is 0.128. The smallest absolute Gasteiger partial charge is 0.206 e. The van der Waals surface area contributed by atoms with Gasteiger partial charge in [-0.05, 0) is 24.6 Å². The highest BCUT2D eigenvalue weighted by Crippen LogP contribution is 2.24. The van der Waals surface area contributed by atoms with E-state index in [1.165, 1.54) is 6.07 Å². The van der Waals surface area contributed by atoms with Gasteiger partial charge < -0.3 is 0 Å². The van der Waals surface area contributed by atoms with Crippen LogP contribution in [0.4, 0.5) is 8.78 Å². The third kappa shape index (κ3) is 1.08. The Morgan fingerprint density at radius 1 is 1.33 bits per heavy atom. The Morgan fingerprint density at radius 3 is 2.83 bits per heavy atom. The largest absolute Gasteiger partial charge is 0.270 e. The van der Waals surface area contributed by atoms with E-state index in [1.807, 2.05) is 0 Å². The van der Waals surface area contributed by atoms with Crippen LogP contribution in [0.2, 0.25) is 0 Å². The summed E-state index contributed by atoms with van der Waals surface area (Å²) in [5.41, 5.74) is 0.909. The maximum absolute atomic E-state index is 13.0. The zero-order valence-corrected chi connectivity index (χ0v) is 7.08. The number of halogens is 2. The molecule has 2 aromatic rings. The highest BCUT2D eigenvalue weighted by atomic mass is 32.1. The summed E-state index contributed by atoms with van der Waals surface area (Å²) in [6.45, 7) is 1.76. The van der Waals surface area contributed by atoms with E-state index in [4.69, 9.17) is 0 Å². The number of aromatic nitrogens is 1. The SMILES string of the molecule is Cc1cc(F)c2nc(F)sc2c1. The van der Waals surface area contributed by atoms with Gasteiger partial charge in [0, 0.05) is 0 Å². The summed E-state index contributed by atoms with van der Waals surface area (Å²) in [5.74, 6) is -0.454. The summed E-state index contributed by atoms with van der Waals surface area (Å²) in [7, 11) is 0. The first kappa shape index (κ1) is 7.61. The maximum atomic E-state index is 13.0. The topological polar surface area (TPSA) is 12.9 Å². The average Bonchev–Trinajstić information content (AvgIpc) is 2.29. The first-order valence-corrected chi connectivity index (χ1v) is 4.20. The van der Waals surface area contributed by atoms with Gasteiger partial charge in [-0.15, -0.1) is 0 Å². The number of fused-ring (bicyclic) bond motifs is 1. The van der Waals surface area contributed by atoms with Gasteiger partial charge in [-0.1, -0.05) is 11.3 Å². The predicted octanol–water partition coefficient (Wildman–Crippen LogP) is 2.88. The Kier molecular flexibility index (Phi) is 1.58. The first-order valence-electron chi connectivity index (χ1n) is 3.39. The van der Waals surface area contributed by atoms with Crippen molar-refractivity contribution in [1.82, 2.24) is 4.98 Å². The van der Waals surface area contributed by atoms with Crippen LogP contribution in [0.3, 0.4) is 0 Å². The molecule has 62 valence electrons. The average molecular weight is 185 g/mol. The van der Waals surface area contributed by atoms with Gasteiger partial charge in [0.2, 0.25) is 0 Å². The molecule has 0 aliphatic heterocycles. The van der Waals surface area contributed by atoms with Crippen molar-refractivity contribution in [3.05, 3.63) is 28.8 Å².